The molecular formula is C19H31F2IN4O. The third-order valence-corrected chi connectivity index (χ3v) is 4.77. The molecular weight excluding hydrogens is 465 g/mol. The van der Waals surface area contributed by atoms with Crippen molar-refractivity contribution in [1.82, 2.24) is 15.5 Å². The number of piperidine rings is 1. The Morgan fingerprint density at radius 3 is 2.56 bits per heavy atom. The molecule has 0 amide bonds. The highest BCUT2D eigenvalue weighted by Crippen LogP contribution is 2.19. The third-order valence-electron chi connectivity index (χ3n) is 4.77. The lowest BCUT2D eigenvalue weighted by molar-refractivity contribution is 0.187. The van der Waals surface area contributed by atoms with E-state index < -0.39 is 11.6 Å². The summed E-state index contributed by atoms with van der Waals surface area (Å²) in [5, 5.41) is 6.44. The molecule has 0 spiro atoms. The van der Waals surface area contributed by atoms with Crippen molar-refractivity contribution in [2.24, 2.45) is 10.9 Å². The summed E-state index contributed by atoms with van der Waals surface area (Å²) in [6, 6.07) is 3.28. The number of ether oxygens (including phenoxy) is 1. The summed E-state index contributed by atoms with van der Waals surface area (Å²) in [4.78, 5) is 6.67. The molecule has 0 saturated carbocycles. The van der Waals surface area contributed by atoms with Gasteiger partial charge in [-0.1, -0.05) is 6.92 Å². The Morgan fingerprint density at radius 1 is 1.22 bits per heavy atom. The van der Waals surface area contributed by atoms with Crippen LogP contribution in [0.5, 0.6) is 5.75 Å². The fourth-order valence-corrected chi connectivity index (χ4v) is 3.13. The molecule has 1 aromatic rings. The summed E-state index contributed by atoms with van der Waals surface area (Å²) in [6.45, 7) is 7.38. The molecule has 0 unspecified atom stereocenters. The van der Waals surface area contributed by atoms with Gasteiger partial charge in [-0.25, -0.2) is 8.78 Å². The maximum atomic E-state index is 13.5. The van der Waals surface area contributed by atoms with E-state index in [2.05, 4.69) is 27.4 Å². The lowest BCUT2D eigenvalue weighted by Gasteiger charge is -2.31. The zero-order chi connectivity index (χ0) is 18.8. The molecule has 5 nitrogen and oxygen atoms in total. The molecule has 2 rings (SSSR count). The average Bonchev–Trinajstić information content (AvgIpc) is 2.65. The molecule has 1 aliphatic heterocycles. The highest BCUT2D eigenvalue weighted by Gasteiger charge is 2.17. The van der Waals surface area contributed by atoms with Crippen LogP contribution in [0.1, 0.15) is 26.2 Å². The molecule has 1 aromatic carbocycles. The average molecular weight is 496 g/mol. The molecule has 0 aromatic heterocycles. The number of hydrogen-bond acceptors (Lipinski definition) is 3. The number of likely N-dealkylation sites (tertiary alicyclic amines) is 1. The van der Waals surface area contributed by atoms with Gasteiger partial charge in [0.15, 0.2) is 17.5 Å². The zero-order valence-corrected chi connectivity index (χ0v) is 18.5. The molecule has 0 atom stereocenters. The monoisotopic (exact) mass is 496 g/mol. The third kappa shape index (κ3) is 8.59. The van der Waals surface area contributed by atoms with Gasteiger partial charge in [0.1, 0.15) is 12.4 Å². The zero-order valence-electron chi connectivity index (χ0n) is 16.1. The number of halogens is 3. The van der Waals surface area contributed by atoms with Gasteiger partial charge in [-0.15, -0.1) is 24.0 Å². The van der Waals surface area contributed by atoms with Gasteiger partial charge in [0, 0.05) is 19.7 Å². The predicted octanol–water partition coefficient (Wildman–Crippen LogP) is 3.25. The van der Waals surface area contributed by atoms with Gasteiger partial charge in [-0.2, -0.15) is 0 Å². The van der Waals surface area contributed by atoms with E-state index in [0.29, 0.717) is 12.5 Å². The molecule has 27 heavy (non-hydrogen) atoms. The van der Waals surface area contributed by atoms with E-state index in [4.69, 9.17) is 4.74 Å². The quantitative estimate of drug-likeness (QED) is 0.251. The number of benzene rings is 1. The van der Waals surface area contributed by atoms with Crippen molar-refractivity contribution < 1.29 is 13.5 Å². The number of rotatable bonds is 8. The van der Waals surface area contributed by atoms with Gasteiger partial charge in [0.25, 0.3) is 0 Å². The van der Waals surface area contributed by atoms with E-state index in [0.717, 1.165) is 31.5 Å². The van der Waals surface area contributed by atoms with Gasteiger partial charge < -0.3 is 20.3 Å². The summed E-state index contributed by atoms with van der Waals surface area (Å²) >= 11 is 0. The van der Waals surface area contributed by atoms with Crippen LogP contribution < -0.4 is 15.4 Å². The van der Waals surface area contributed by atoms with Crippen molar-refractivity contribution in [2.75, 3.05) is 46.4 Å². The van der Waals surface area contributed by atoms with Crippen molar-refractivity contribution in [3.8, 4) is 5.75 Å². The first-order valence-electron chi connectivity index (χ1n) is 9.37. The molecule has 8 heteroatoms. The van der Waals surface area contributed by atoms with Gasteiger partial charge in [0.2, 0.25) is 0 Å². The molecule has 154 valence electrons. The Labute approximate surface area is 178 Å². The molecule has 2 N–H and O–H groups in total. The topological polar surface area (TPSA) is 48.9 Å². The van der Waals surface area contributed by atoms with Crippen LogP contribution in [-0.4, -0.2) is 57.2 Å². The largest absolute Gasteiger partial charge is 0.489 e. The predicted molar refractivity (Wildman–Crippen MR) is 116 cm³/mol. The van der Waals surface area contributed by atoms with Crippen molar-refractivity contribution in [1.29, 1.82) is 0 Å². The summed E-state index contributed by atoms with van der Waals surface area (Å²) in [5.74, 6) is 0.224. The summed E-state index contributed by atoms with van der Waals surface area (Å²) in [5.41, 5.74) is 0. The van der Waals surface area contributed by atoms with Crippen LogP contribution in [0.3, 0.4) is 0 Å². The minimum atomic E-state index is -0.693. The van der Waals surface area contributed by atoms with E-state index in [1.807, 2.05) is 0 Å². The van der Waals surface area contributed by atoms with Gasteiger partial charge in [-0.3, -0.25) is 4.99 Å². The van der Waals surface area contributed by atoms with Crippen LogP contribution in [0.15, 0.2) is 23.2 Å². The molecule has 1 heterocycles. The van der Waals surface area contributed by atoms with Crippen LogP contribution in [0.2, 0.25) is 0 Å². The van der Waals surface area contributed by atoms with Crippen LogP contribution in [-0.2, 0) is 0 Å². The number of nitrogens with one attached hydrogen (secondary N) is 2. The first-order valence-corrected chi connectivity index (χ1v) is 9.37. The molecule has 0 aliphatic carbocycles. The van der Waals surface area contributed by atoms with Crippen LogP contribution in [0, 0.1) is 17.6 Å². The van der Waals surface area contributed by atoms with E-state index in [1.54, 1.807) is 7.05 Å². The number of aliphatic imine (C=N–C) groups is 1. The summed E-state index contributed by atoms with van der Waals surface area (Å²) < 4.78 is 31.6. The lowest BCUT2D eigenvalue weighted by Crippen LogP contribution is -2.41. The highest BCUT2D eigenvalue weighted by atomic mass is 127. The SMILES string of the molecule is CCN1CCC(CCNC(=NC)NCCOc2ccc(F)cc2F)CC1.I. The van der Waals surface area contributed by atoms with Gasteiger partial charge >= 0.3 is 0 Å². The Balaban J connectivity index is 0.00000364. The van der Waals surface area contributed by atoms with Crippen molar-refractivity contribution in [3.63, 3.8) is 0 Å². The van der Waals surface area contributed by atoms with Crippen molar-refractivity contribution in [3.05, 3.63) is 29.8 Å². The standard InChI is InChI=1S/C19H30F2N4O.HI/c1-3-25-11-7-15(8-12-25)6-9-23-19(22-2)24-10-13-26-18-5-4-16(20)14-17(18)21;/h4-5,14-15H,3,6-13H2,1-2H3,(H2,22,23,24);1H. The molecule has 1 fully saturated rings. The van der Waals surface area contributed by atoms with E-state index in [9.17, 15) is 8.78 Å². The second kappa shape index (κ2) is 13.1. The number of nitrogens with zero attached hydrogens (tertiary/aromatic N) is 2. The van der Waals surface area contributed by atoms with E-state index in [1.165, 1.54) is 38.1 Å². The molecule has 0 bridgehead atoms. The van der Waals surface area contributed by atoms with Crippen LogP contribution in [0.4, 0.5) is 8.78 Å². The molecule has 0 radical (unpaired) electrons. The van der Waals surface area contributed by atoms with Crippen LogP contribution >= 0.6 is 24.0 Å². The Morgan fingerprint density at radius 2 is 1.93 bits per heavy atom. The fourth-order valence-electron chi connectivity index (χ4n) is 3.13. The van der Waals surface area contributed by atoms with Gasteiger partial charge in [-0.05, 0) is 56.9 Å². The smallest absolute Gasteiger partial charge is 0.191 e. The first-order chi connectivity index (χ1) is 12.6. The number of guanidine groups is 1. The van der Waals surface area contributed by atoms with Gasteiger partial charge in [0.05, 0.1) is 6.54 Å². The molecule has 1 aliphatic rings. The fraction of sp³-hybridized carbons (Fsp3) is 0.632. The van der Waals surface area contributed by atoms with Crippen molar-refractivity contribution >= 4 is 29.9 Å². The summed E-state index contributed by atoms with van der Waals surface area (Å²) in [6.07, 6.45) is 3.66. The maximum Gasteiger partial charge on any atom is 0.191 e. The minimum absolute atomic E-state index is 0. The van der Waals surface area contributed by atoms with E-state index in [-0.39, 0.29) is 36.3 Å². The molecule has 1 saturated heterocycles. The van der Waals surface area contributed by atoms with E-state index >= 15 is 0 Å². The minimum Gasteiger partial charge on any atom is -0.489 e. The first kappa shape index (κ1) is 23.9. The number of hydrogen-bond donors (Lipinski definition) is 2. The van der Waals surface area contributed by atoms with Crippen LogP contribution in [0.25, 0.3) is 0 Å². The second-order valence-corrected chi connectivity index (χ2v) is 6.52. The normalized spacial score (nSPS) is 15.9. The Kier molecular flexibility index (Phi) is 11.6. The maximum absolute atomic E-state index is 13.5. The van der Waals surface area contributed by atoms with Crippen molar-refractivity contribution in [2.45, 2.75) is 26.2 Å². The lowest BCUT2D eigenvalue weighted by atomic mass is 9.93. The second-order valence-electron chi connectivity index (χ2n) is 6.52. The Bertz CT molecular complexity index is 581. The Hall–Kier alpha value is -1.16. The summed E-state index contributed by atoms with van der Waals surface area (Å²) in [7, 11) is 1.72. The highest BCUT2D eigenvalue weighted by molar-refractivity contribution is 14.0.